The van der Waals surface area contributed by atoms with Crippen molar-refractivity contribution in [1.29, 1.82) is 0 Å². The van der Waals surface area contributed by atoms with Crippen molar-refractivity contribution in [2.24, 2.45) is 57.2 Å². The van der Waals surface area contributed by atoms with E-state index in [-0.39, 0.29) is 0 Å². The molecule has 0 aromatic heterocycles. The lowest BCUT2D eigenvalue weighted by atomic mass is 9.79. The molecule has 4 heteroatoms. The lowest BCUT2D eigenvalue weighted by Crippen LogP contribution is -2.33. The molecule has 3 spiro atoms. The summed E-state index contributed by atoms with van der Waals surface area (Å²) in [6.07, 6.45) is 29.6. The van der Waals surface area contributed by atoms with E-state index in [0.29, 0.717) is 0 Å². The molecule has 336 valence electrons. The predicted octanol–water partition coefficient (Wildman–Crippen LogP) is 13.2. The highest BCUT2D eigenvalue weighted by Crippen LogP contribution is 2.62. The Bertz CT molecular complexity index is 1240. The summed E-state index contributed by atoms with van der Waals surface area (Å²) in [4.78, 5) is 10.0. The maximum Gasteiger partial charge on any atom is 0.0165 e. The van der Waals surface area contributed by atoms with E-state index in [1.807, 2.05) is 0 Å². The number of likely N-dealkylation sites (tertiary alicyclic amines) is 3. The summed E-state index contributed by atoms with van der Waals surface area (Å²) in [5, 5.41) is 0. The van der Waals surface area contributed by atoms with Gasteiger partial charge in [0.15, 0.2) is 0 Å². The maximum absolute atomic E-state index is 2.58. The van der Waals surface area contributed by atoms with Crippen molar-refractivity contribution in [3.8, 4) is 0 Å². The number of piperidine rings is 3. The Balaban J connectivity index is 0.000000133. The normalized spacial score (nSPS) is 38.9. The molecule has 0 aromatic carbocycles. The van der Waals surface area contributed by atoms with Crippen LogP contribution in [0.4, 0.5) is 0 Å². The van der Waals surface area contributed by atoms with Gasteiger partial charge in [-0.15, -0.1) is 0 Å². The highest BCUT2D eigenvalue weighted by atomic mass is 15.1. The molecule has 8 fully saturated rings. The highest BCUT2D eigenvalue weighted by Gasteiger charge is 2.53. The van der Waals surface area contributed by atoms with Crippen LogP contribution >= 0.6 is 0 Å². The Morgan fingerprint density at radius 1 is 0.534 bits per heavy atom. The van der Waals surface area contributed by atoms with Crippen molar-refractivity contribution in [1.82, 2.24) is 19.6 Å². The molecular weight excluding hydrogens is 705 g/mol. The van der Waals surface area contributed by atoms with Crippen LogP contribution in [0.1, 0.15) is 185 Å². The van der Waals surface area contributed by atoms with Crippen molar-refractivity contribution >= 4 is 0 Å². The first-order valence-corrected chi connectivity index (χ1v) is 25.8. The standard InChI is InChI=1S/C10H18.C10H16.2C9H17N.C8H17N.C8H15N/c2*1-8-3-5-10(6-4-8)7-9(10)2;1-8-7-9(8)3-5-10(2)6-4-9;1-3-10-5-4-9(2)6-8(9)7-10;2*1-3-9-6-4-8(2)5-7-9/h8-9H,3-7H2,1-2H3;3,9H,4-7H2,1-2H3;2*8H,3-7H2,1-2H3;8H,3-7H2,1-2H3;4H,3,5-7H2,1-2H3/t8?,9-,10?;9-,10?;8-;8?,9-;;/m1110../s1. The van der Waals surface area contributed by atoms with E-state index >= 15 is 0 Å². The summed E-state index contributed by atoms with van der Waals surface area (Å²) in [6.45, 7) is 39.8. The van der Waals surface area contributed by atoms with Gasteiger partial charge in [-0.05, 0) is 227 Å². The van der Waals surface area contributed by atoms with Gasteiger partial charge in [0.1, 0.15) is 0 Å². The SMILES string of the molecule is CC1=CCC2(CC1)C[C@H]2C.CC1CCC2(CC1)C[C@H]2C.CCN1CC=C(C)CC1.CCN1CCC(C)CC1.CCN1CC[C@@]2(C)CC2C1.C[C@@H]1CC12CCN(C)CC2. The minimum Gasteiger partial charge on any atom is -0.306 e. The van der Waals surface area contributed by atoms with E-state index in [2.05, 4.69) is 115 Å². The third-order valence-corrected chi connectivity index (χ3v) is 18.7. The number of rotatable bonds is 3. The number of hydrogen-bond acceptors (Lipinski definition) is 4. The van der Waals surface area contributed by atoms with Gasteiger partial charge < -0.3 is 14.7 Å². The second kappa shape index (κ2) is 21.6. The molecule has 0 radical (unpaired) electrons. The summed E-state index contributed by atoms with van der Waals surface area (Å²) in [7, 11) is 2.24. The fourth-order valence-corrected chi connectivity index (χ4v) is 11.8. The zero-order valence-electron chi connectivity index (χ0n) is 41.2. The van der Waals surface area contributed by atoms with Gasteiger partial charge in [-0.1, -0.05) is 98.5 Å². The Kier molecular flexibility index (Phi) is 18.0. The molecule has 3 saturated heterocycles. The molecule has 10 aliphatic rings. The molecule has 6 atom stereocenters. The first kappa shape index (κ1) is 48.4. The Morgan fingerprint density at radius 2 is 1.05 bits per heavy atom. The summed E-state index contributed by atoms with van der Waals surface area (Å²) in [6, 6.07) is 0. The van der Waals surface area contributed by atoms with Gasteiger partial charge in [0, 0.05) is 19.6 Å². The first-order valence-electron chi connectivity index (χ1n) is 25.8. The van der Waals surface area contributed by atoms with Crippen molar-refractivity contribution in [2.75, 3.05) is 79.0 Å². The second-order valence-electron chi connectivity index (χ2n) is 23.2. The minimum absolute atomic E-state index is 0.783. The largest absolute Gasteiger partial charge is 0.306 e. The van der Waals surface area contributed by atoms with Gasteiger partial charge in [-0.2, -0.15) is 0 Å². The van der Waals surface area contributed by atoms with Gasteiger partial charge in [0.2, 0.25) is 0 Å². The van der Waals surface area contributed by atoms with E-state index in [1.165, 1.54) is 175 Å². The molecule has 0 bridgehead atoms. The van der Waals surface area contributed by atoms with E-state index in [0.717, 1.165) is 57.2 Å². The fraction of sp³-hybridized carbons (Fsp3) is 0.926. The third-order valence-electron chi connectivity index (χ3n) is 18.7. The third kappa shape index (κ3) is 14.2. The predicted molar refractivity (Wildman–Crippen MR) is 255 cm³/mol. The molecule has 58 heavy (non-hydrogen) atoms. The van der Waals surface area contributed by atoms with Crippen LogP contribution in [0, 0.1) is 57.2 Å². The fourth-order valence-electron chi connectivity index (χ4n) is 11.8. The maximum atomic E-state index is 2.58. The van der Waals surface area contributed by atoms with Gasteiger partial charge in [-0.25, -0.2) is 0 Å². The molecule has 4 heterocycles. The number of hydrogen-bond donors (Lipinski definition) is 0. The molecule has 4 aliphatic heterocycles. The van der Waals surface area contributed by atoms with Crippen LogP contribution in [0.5, 0.6) is 0 Å². The molecule has 0 aromatic rings. The molecule has 0 N–H and O–H groups in total. The van der Waals surface area contributed by atoms with Crippen molar-refractivity contribution in [3.63, 3.8) is 0 Å². The van der Waals surface area contributed by atoms with E-state index in [4.69, 9.17) is 0 Å². The molecule has 10 rings (SSSR count). The molecule has 0 amide bonds. The lowest BCUT2D eigenvalue weighted by molar-refractivity contribution is 0.194. The van der Waals surface area contributed by atoms with Gasteiger partial charge in [-0.3, -0.25) is 4.90 Å². The average molecular weight is 805 g/mol. The Morgan fingerprint density at radius 3 is 1.50 bits per heavy atom. The van der Waals surface area contributed by atoms with Crippen LogP contribution < -0.4 is 0 Å². The van der Waals surface area contributed by atoms with Crippen molar-refractivity contribution in [3.05, 3.63) is 23.3 Å². The van der Waals surface area contributed by atoms with Gasteiger partial charge in [0.25, 0.3) is 0 Å². The summed E-state index contributed by atoms with van der Waals surface area (Å²) >= 11 is 0. The van der Waals surface area contributed by atoms with Gasteiger partial charge in [0.05, 0.1) is 0 Å². The zero-order valence-corrected chi connectivity index (χ0v) is 41.2. The Hall–Kier alpha value is -0.680. The molecule has 6 aliphatic carbocycles. The van der Waals surface area contributed by atoms with E-state index in [9.17, 15) is 0 Å². The number of fused-ring (bicyclic) bond motifs is 1. The second-order valence-corrected chi connectivity index (χ2v) is 23.2. The summed E-state index contributed by atoms with van der Waals surface area (Å²) < 4.78 is 0. The molecule has 5 saturated carbocycles. The molecule has 2 unspecified atom stereocenters. The summed E-state index contributed by atoms with van der Waals surface area (Å²) in [5.74, 6) is 6.20. The van der Waals surface area contributed by atoms with E-state index in [1.54, 1.807) is 17.6 Å². The smallest absolute Gasteiger partial charge is 0.0165 e. The lowest BCUT2D eigenvalue weighted by Gasteiger charge is -2.29. The van der Waals surface area contributed by atoms with Crippen molar-refractivity contribution in [2.45, 2.75) is 185 Å². The number of likely N-dealkylation sites (N-methyl/N-ethyl adjacent to an activating group) is 1. The number of allylic oxidation sites excluding steroid dienone is 2. The molecular formula is C54H100N4. The van der Waals surface area contributed by atoms with Crippen LogP contribution in [0.3, 0.4) is 0 Å². The zero-order chi connectivity index (χ0) is 42.1. The van der Waals surface area contributed by atoms with Crippen LogP contribution in [0.2, 0.25) is 0 Å². The highest BCUT2D eigenvalue weighted by molar-refractivity contribution is 5.14. The van der Waals surface area contributed by atoms with Crippen LogP contribution in [0.25, 0.3) is 0 Å². The van der Waals surface area contributed by atoms with Crippen LogP contribution in [-0.4, -0.2) is 98.6 Å². The molecule has 4 nitrogen and oxygen atoms in total. The topological polar surface area (TPSA) is 13.0 Å². The van der Waals surface area contributed by atoms with Gasteiger partial charge >= 0.3 is 0 Å². The Labute approximate surface area is 363 Å². The average Bonchev–Trinajstić information content (AvgIpc) is 4.19. The first-order chi connectivity index (χ1) is 27.6. The summed E-state index contributed by atoms with van der Waals surface area (Å²) in [5.41, 5.74) is 6.44. The van der Waals surface area contributed by atoms with E-state index < -0.39 is 0 Å². The van der Waals surface area contributed by atoms with Crippen LogP contribution in [-0.2, 0) is 0 Å². The monoisotopic (exact) mass is 805 g/mol. The quantitative estimate of drug-likeness (QED) is 0.263. The number of nitrogens with zero attached hydrogens (tertiary/aromatic N) is 4. The van der Waals surface area contributed by atoms with Crippen molar-refractivity contribution < 1.29 is 0 Å². The minimum atomic E-state index is 0.783. The van der Waals surface area contributed by atoms with Crippen LogP contribution in [0.15, 0.2) is 23.3 Å².